The molecule has 0 saturated carbocycles. The van der Waals surface area contributed by atoms with Gasteiger partial charge in [0.1, 0.15) is 0 Å². The zero-order chi connectivity index (χ0) is 26.8. The van der Waals surface area contributed by atoms with Crippen molar-refractivity contribution in [3.8, 4) is 22.3 Å². The monoisotopic (exact) mass is 521 g/mol. The summed E-state index contributed by atoms with van der Waals surface area (Å²) < 4.78 is 78.1. The van der Waals surface area contributed by atoms with Crippen LogP contribution in [0.1, 0.15) is 27.9 Å². The van der Waals surface area contributed by atoms with Gasteiger partial charge in [-0.05, 0) is 90.1 Å². The van der Waals surface area contributed by atoms with E-state index in [1.807, 2.05) is 0 Å². The average Bonchev–Trinajstić information content (AvgIpc) is 3.34. The number of hydrogen-bond acceptors (Lipinski definition) is 3. The molecular weight excluding hydrogens is 496 g/mol. The van der Waals surface area contributed by atoms with Crippen LogP contribution in [-0.2, 0) is 12.4 Å². The summed E-state index contributed by atoms with van der Waals surface area (Å²) in [7, 11) is 0. The Morgan fingerprint density at radius 1 is 0.811 bits per heavy atom. The molecule has 3 aromatic carbocycles. The van der Waals surface area contributed by atoms with Crippen molar-refractivity contribution in [2.24, 2.45) is 11.7 Å². The van der Waals surface area contributed by atoms with Crippen LogP contribution in [0.5, 0.6) is 0 Å². The molecule has 1 aliphatic rings. The Kier molecular flexibility index (Phi) is 7.61. The van der Waals surface area contributed by atoms with Crippen molar-refractivity contribution >= 4 is 5.91 Å². The van der Waals surface area contributed by atoms with Gasteiger partial charge in [-0.25, -0.2) is 0 Å². The van der Waals surface area contributed by atoms with E-state index in [4.69, 9.17) is 5.73 Å². The summed E-state index contributed by atoms with van der Waals surface area (Å²) in [6, 6.07) is 13.8. The summed E-state index contributed by atoms with van der Waals surface area (Å²) in [6.07, 6.45) is -8.18. The van der Waals surface area contributed by atoms with Crippen LogP contribution >= 0.6 is 0 Å². The van der Waals surface area contributed by atoms with Crippen LogP contribution < -0.4 is 16.4 Å². The van der Waals surface area contributed by atoms with Gasteiger partial charge >= 0.3 is 12.4 Å². The van der Waals surface area contributed by atoms with Crippen LogP contribution in [0.3, 0.4) is 0 Å². The summed E-state index contributed by atoms with van der Waals surface area (Å²) in [5, 5.41) is 6.16. The highest BCUT2D eigenvalue weighted by Crippen LogP contribution is 2.34. The molecule has 0 unspecified atom stereocenters. The van der Waals surface area contributed by atoms with Gasteiger partial charge in [-0.15, -0.1) is 0 Å². The van der Waals surface area contributed by atoms with Gasteiger partial charge in [-0.2, -0.15) is 26.3 Å². The fourth-order valence-electron chi connectivity index (χ4n) is 4.35. The van der Waals surface area contributed by atoms with Gasteiger partial charge in [0.15, 0.2) is 0 Å². The highest BCUT2D eigenvalue weighted by Gasteiger charge is 2.31. The Bertz CT molecular complexity index is 1160. The predicted octanol–water partition coefficient (Wildman–Crippen LogP) is 5.72. The number of rotatable bonds is 6. The minimum absolute atomic E-state index is 0.0602. The van der Waals surface area contributed by atoms with E-state index >= 15 is 0 Å². The zero-order valence-electron chi connectivity index (χ0n) is 19.6. The number of benzene rings is 3. The summed E-state index contributed by atoms with van der Waals surface area (Å²) in [4.78, 5) is 13.0. The number of carbonyl (C=O) groups is 1. The van der Waals surface area contributed by atoms with Crippen molar-refractivity contribution in [2.45, 2.75) is 24.8 Å². The lowest BCUT2D eigenvalue weighted by molar-refractivity contribution is -0.138. The smallest absolute Gasteiger partial charge is 0.350 e. The molecule has 196 valence electrons. The first kappa shape index (κ1) is 26.7. The van der Waals surface area contributed by atoms with E-state index in [0.29, 0.717) is 41.3 Å². The molecule has 1 aliphatic heterocycles. The number of nitrogens with one attached hydrogen (secondary N) is 2. The molecule has 4 nitrogen and oxygen atoms in total. The van der Waals surface area contributed by atoms with Crippen LogP contribution in [0.2, 0.25) is 0 Å². The Morgan fingerprint density at radius 3 is 1.70 bits per heavy atom. The van der Waals surface area contributed by atoms with E-state index in [2.05, 4.69) is 10.6 Å². The summed E-state index contributed by atoms with van der Waals surface area (Å²) in [6.45, 7) is 1.66. The van der Waals surface area contributed by atoms with Crippen LogP contribution in [0.25, 0.3) is 22.3 Å². The number of alkyl halides is 6. The lowest BCUT2D eigenvalue weighted by Crippen LogP contribution is -2.37. The first-order valence-corrected chi connectivity index (χ1v) is 11.7. The second-order valence-electron chi connectivity index (χ2n) is 9.10. The molecule has 0 bridgehead atoms. The molecule has 10 heteroatoms. The molecule has 37 heavy (non-hydrogen) atoms. The van der Waals surface area contributed by atoms with E-state index in [-0.39, 0.29) is 11.6 Å². The second kappa shape index (κ2) is 10.5. The molecule has 0 aromatic heterocycles. The lowest BCUT2D eigenvalue weighted by Gasteiger charge is -2.15. The van der Waals surface area contributed by atoms with Gasteiger partial charge in [-0.3, -0.25) is 4.79 Å². The third-order valence-corrected chi connectivity index (χ3v) is 6.44. The highest BCUT2D eigenvalue weighted by molar-refractivity contribution is 5.97. The molecule has 1 heterocycles. The van der Waals surface area contributed by atoms with Crippen molar-refractivity contribution in [3.05, 3.63) is 83.4 Å². The summed E-state index contributed by atoms with van der Waals surface area (Å²) in [5.41, 5.74) is 6.09. The molecule has 1 fully saturated rings. The van der Waals surface area contributed by atoms with Crippen molar-refractivity contribution in [1.29, 1.82) is 0 Å². The zero-order valence-corrected chi connectivity index (χ0v) is 19.6. The fraction of sp³-hybridized carbons (Fsp3) is 0.296. The van der Waals surface area contributed by atoms with Gasteiger partial charge in [0, 0.05) is 18.2 Å². The molecule has 0 spiro atoms. The minimum atomic E-state index is -4.50. The van der Waals surface area contributed by atoms with E-state index < -0.39 is 29.4 Å². The average molecular weight is 522 g/mol. The molecule has 2 atom stereocenters. The number of nitrogens with two attached hydrogens (primary N) is 1. The van der Waals surface area contributed by atoms with Gasteiger partial charge in [0.2, 0.25) is 0 Å². The number of carbonyl (C=O) groups excluding carboxylic acids is 1. The van der Waals surface area contributed by atoms with Crippen molar-refractivity contribution in [3.63, 3.8) is 0 Å². The molecule has 4 N–H and O–H groups in total. The van der Waals surface area contributed by atoms with Gasteiger partial charge < -0.3 is 16.4 Å². The first-order chi connectivity index (χ1) is 17.4. The van der Waals surface area contributed by atoms with E-state index in [0.717, 1.165) is 37.2 Å². The van der Waals surface area contributed by atoms with Gasteiger partial charge in [0.25, 0.3) is 5.91 Å². The maximum Gasteiger partial charge on any atom is 0.416 e. The molecule has 1 amide bonds. The Balaban J connectivity index is 1.65. The lowest BCUT2D eigenvalue weighted by atomic mass is 9.94. The van der Waals surface area contributed by atoms with Crippen LogP contribution in [-0.4, -0.2) is 31.6 Å². The first-order valence-electron chi connectivity index (χ1n) is 11.7. The molecule has 1 saturated heterocycles. The van der Waals surface area contributed by atoms with Crippen LogP contribution in [0.4, 0.5) is 26.3 Å². The third-order valence-electron chi connectivity index (χ3n) is 6.44. The summed E-state index contributed by atoms with van der Waals surface area (Å²) >= 11 is 0. The van der Waals surface area contributed by atoms with E-state index in [9.17, 15) is 31.1 Å². The maximum atomic E-state index is 13.0. The van der Waals surface area contributed by atoms with Gasteiger partial charge in [-0.1, -0.05) is 24.3 Å². The topological polar surface area (TPSA) is 67.2 Å². The molecule has 4 rings (SSSR count). The van der Waals surface area contributed by atoms with Crippen molar-refractivity contribution < 1.29 is 31.1 Å². The molecule has 3 aromatic rings. The van der Waals surface area contributed by atoms with Crippen molar-refractivity contribution in [1.82, 2.24) is 10.6 Å². The highest BCUT2D eigenvalue weighted by atomic mass is 19.4. The molecular formula is C27H25F6N3O. The second-order valence-corrected chi connectivity index (χ2v) is 9.10. The molecule has 0 radical (unpaired) electrons. The Labute approximate surface area is 209 Å². The quantitative estimate of drug-likeness (QED) is 0.364. The summed E-state index contributed by atoms with van der Waals surface area (Å²) in [5.74, 6) is -0.0731. The van der Waals surface area contributed by atoms with E-state index in [1.165, 1.54) is 24.3 Å². The number of amides is 1. The SMILES string of the molecule is NC[C@@H]1CN[C@@H](CNC(=O)c2cc(-c3ccc(C(F)(F)F)cc3)cc(-c3ccc(C(F)(F)F)cc3)c2)C1. The van der Waals surface area contributed by atoms with E-state index in [1.54, 1.807) is 18.2 Å². The number of halogens is 6. The van der Waals surface area contributed by atoms with Crippen molar-refractivity contribution in [2.75, 3.05) is 19.6 Å². The standard InChI is InChI=1S/C27H25F6N3O/c28-26(29,30)22-5-1-17(2-6-22)19-10-20(18-3-7-23(8-4-18)27(31,32)33)12-21(11-19)25(37)36-15-24-9-16(13-34)14-35-24/h1-8,10-12,16,24,35H,9,13-15,34H2,(H,36,37)/t16-,24-/m1/s1. The fourth-order valence-corrected chi connectivity index (χ4v) is 4.35. The minimum Gasteiger partial charge on any atom is -0.350 e. The van der Waals surface area contributed by atoms with Crippen LogP contribution in [0.15, 0.2) is 66.7 Å². The predicted molar refractivity (Wildman–Crippen MR) is 129 cm³/mol. The molecule has 0 aliphatic carbocycles. The maximum absolute atomic E-state index is 13.0. The third kappa shape index (κ3) is 6.50. The van der Waals surface area contributed by atoms with Gasteiger partial charge in [0.05, 0.1) is 11.1 Å². The normalized spacial score (nSPS) is 18.1. The Morgan fingerprint density at radius 2 is 1.30 bits per heavy atom. The van der Waals surface area contributed by atoms with Crippen LogP contribution in [0, 0.1) is 5.92 Å². The largest absolute Gasteiger partial charge is 0.416 e. The number of hydrogen-bond donors (Lipinski definition) is 3. The Hall–Kier alpha value is -3.37.